The van der Waals surface area contributed by atoms with Crippen molar-refractivity contribution in [2.75, 3.05) is 20.2 Å². The SMILES string of the molecule is CCNC(=NCc1ccccc1OC)NCC(O)Cc1ccccc1. The van der Waals surface area contributed by atoms with Crippen molar-refractivity contribution in [2.24, 2.45) is 4.99 Å². The molecular weight excluding hydrogens is 314 g/mol. The van der Waals surface area contributed by atoms with E-state index < -0.39 is 6.10 Å². The molecule has 0 radical (unpaired) electrons. The lowest BCUT2D eigenvalue weighted by Gasteiger charge is -2.15. The molecule has 0 aliphatic rings. The molecule has 0 spiro atoms. The molecule has 0 saturated heterocycles. The topological polar surface area (TPSA) is 65.9 Å². The first kappa shape index (κ1) is 18.8. The Hall–Kier alpha value is -2.53. The lowest BCUT2D eigenvalue weighted by molar-refractivity contribution is 0.177. The number of rotatable bonds is 8. The smallest absolute Gasteiger partial charge is 0.191 e. The number of methoxy groups -OCH3 is 1. The van der Waals surface area contributed by atoms with Gasteiger partial charge in [-0.25, -0.2) is 4.99 Å². The average molecular weight is 341 g/mol. The fourth-order valence-electron chi connectivity index (χ4n) is 2.51. The quantitative estimate of drug-likeness (QED) is 0.509. The van der Waals surface area contributed by atoms with Crippen LogP contribution in [0.25, 0.3) is 0 Å². The second kappa shape index (κ2) is 10.4. The van der Waals surface area contributed by atoms with Crippen molar-refractivity contribution in [1.29, 1.82) is 0 Å². The van der Waals surface area contributed by atoms with Gasteiger partial charge in [0.1, 0.15) is 5.75 Å². The first-order valence-corrected chi connectivity index (χ1v) is 8.59. The maximum atomic E-state index is 10.2. The van der Waals surface area contributed by atoms with E-state index in [4.69, 9.17) is 4.74 Å². The lowest BCUT2D eigenvalue weighted by atomic mass is 10.1. The fourth-order valence-corrected chi connectivity index (χ4v) is 2.51. The minimum absolute atomic E-state index is 0.437. The molecule has 2 aromatic rings. The number of benzene rings is 2. The highest BCUT2D eigenvalue weighted by Crippen LogP contribution is 2.17. The first-order chi connectivity index (χ1) is 12.2. The molecule has 5 nitrogen and oxygen atoms in total. The number of nitrogens with zero attached hydrogens (tertiary/aromatic N) is 1. The number of hydrogen-bond donors (Lipinski definition) is 3. The minimum Gasteiger partial charge on any atom is -0.496 e. The van der Waals surface area contributed by atoms with E-state index in [2.05, 4.69) is 15.6 Å². The van der Waals surface area contributed by atoms with E-state index in [1.54, 1.807) is 7.11 Å². The Bertz CT molecular complexity index is 659. The molecule has 5 heteroatoms. The molecule has 25 heavy (non-hydrogen) atoms. The van der Waals surface area contributed by atoms with E-state index in [-0.39, 0.29) is 0 Å². The lowest BCUT2D eigenvalue weighted by Crippen LogP contribution is -2.41. The van der Waals surface area contributed by atoms with E-state index >= 15 is 0 Å². The fraction of sp³-hybridized carbons (Fsp3) is 0.350. The maximum absolute atomic E-state index is 10.2. The zero-order valence-corrected chi connectivity index (χ0v) is 14.9. The summed E-state index contributed by atoms with van der Waals surface area (Å²) < 4.78 is 5.35. The highest BCUT2D eigenvalue weighted by molar-refractivity contribution is 5.79. The van der Waals surface area contributed by atoms with Crippen LogP contribution in [0.1, 0.15) is 18.1 Å². The van der Waals surface area contributed by atoms with Crippen molar-refractivity contribution in [3.05, 3.63) is 65.7 Å². The summed E-state index contributed by atoms with van der Waals surface area (Å²) in [6.07, 6.45) is 0.136. The second-order valence-corrected chi connectivity index (χ2v) is 5.73. The summed E-state index contributed by atoms with van der Waals surface area (Å²) in [5.74, 6) is 1.51. The van der Waals surface area contributed by atoms with Crippen LogP contribution in [0.2, 0.25) is 0 Å². The third-order valence-electron chi connectivity index (χ3n) is 3.76. The molecule has 2 rings (SSSR count). The van der Waals surface area contributed by atoms with Crippen molar-refractivity contribution in [2.45, 2.75) is 26.0 Å². The average Bonchev–Trinajstić information content (AvgIpc) is 2.65. The van der Waals surface area contributed by atoms with Gasteiger partial charge in [-0.2, -0.15) is 0 Å². The number of guanidine groups is 1. The van der Waals surface area contributed by atoms with Crippen LogP contribution in [0.4, 0.5) is 0 Å². The van der Waals surface area contributed by atoms with E-state index in [0.717, 1.165) is 23.4 Å². The number of aliphatic imine (C=N–C) groups is 1. The van der Waals surface area contributed by atoms with Crippen LogP contribution in [0, 0.1) is 0 Å². The molecule has 0 saturated carbocycles. The van der Waals surface area contributed by atoms with Crippen LogP contribution in [-0.2, 0) is 13.0 Å². The highest BCUT2D eigenvalue weighted by Gasteiger charge is 2.07. The summed E-state index contributed by atoms with van der Waals surface area (Å²) in [6, 6.07) is 17.8. The second-order valence-electron chi connectivity index (χ2n) is 5.73. The van der Waals surface area contributed by atoms with Crippen LogP contribution in [0.5, 0.6) is 5.75 Å². The summed E-state index contributed by atoms with van der Waals surface area (Å²) in [4.78, 5) is 4.57. The van der Waals surface area contributed by atoms with Gasteiger partial charge in [0.2, 0.25) is 0 Å². The summed E-state index contributed by atoms with van der Waals surface area (Å²) in [7, 11) is 1.66. The molecule has 0 aromatic heterocycles. The van der Waals surface area contributed by atoms with Crippen molar-refractivity contribution < 1.29 is 9.84 Å². The summed E-state index contributed by atoms with van der Waals surface area (Å²) in [6.45, 7) is 3.72. The summed E-state index contributed by atoms with van der Waals surface area (Å²) >= 11 is 0. The maximum Gasteiger partial charge on any atom is 0.191 e. The van der Waals surface area contributed by atoms with Gasteiger partial charge in [-0.3, -0.25) is 0 Å². The van der Waals surface area contributed by atoms with Gasteiger partial charge in [-0.15, -0.1) is 0 Å². The number of nitrogens with one attached hydrogen (secondary N) is 2. The molecule has 3 N–H and O–H groups in total. The van der Waals surface area contributed by atoms with Crippen LogP contribution in [-0.4, -0.2) is 37.4 Å². The third kappa shape index (κ3) is 6.47. The van der Waals surface area contributed by atoms with Gasteiger partial charge in [0.25, 0.3) is 0 Å². The Kier molecular flexibility index (Phi) is 7.79. The molecule has 0 bridgehead atoms. The Morgan fingerprint density at radius 3 is 2.52 bits per heavy atom. The van der Waals surface area contributed by atoms with Gasteiger partial charge in [0.05, 0.1) is 19.8 Å². The third-order valence-corrected chi connectivity index (χ3v) is 3.76. The Labute approximate surface area is 149 Å². The Balaban J connectivity index is 1.91. The van der Waals surface area contributed by atoms with Gasteiger partial charge in [-0.05, 0) is 18.6 Å². The molecule has 0 aliphatic heterocycles. The minimum atomic E-state index is -0.475. The number of hydrogen-bond acceptors (Lipinski definition) is 3. The largest absolute Gasteiger partial charge is 0.496 e. The molecular formula is C20H27N3O2. The molecule has 0 aliphatic carbocycles. The van der Waals surface area contributed by atoms with E-state index in [1.165, 1.54) is 0 Å². The normalized spacial score (nSPS) is 12.5. The molecule has 0 fully saturated rings. The number of aliphatic hydroxyl groups excluding tert-OH is 1. The first-order valence-electron chi connectivity index (χ1n) is 8.59. The molecule has 0 heterocycles. The predicted octanol–water partition coefficient (Wildman–Crippen LogP) is 2.35. The van der Waals surface area contributed by atoms with Gasteiger partial charge >= 0.3 is 0 Å². The Morgan fingerprint density at radius 1 is 1.08 bits per heavy atom. The number of ether oxygens (including phenoxy) is 1. The van der Waals surface area contributed by atoms with Crippen LogP contribution >= 0.6 is 0 Å². The zero-order valence-electron chi connectivity index (χ0n) is 14.9. The van der Waals surface area contributed by atoms with Crippen molar-refractivity contribution in [1.82, 2.24) is 10.6 Å². The zero-order chi connectivity index (χ0) is 17.9. The highest BCUT2D eigenvalue weighted by atomic mass is 16.5. The number of para-hydroxylation sites is 1. The molecule has 1 unspecified atom stereocenters. The molecule has 1 atom stereocenters. The number of aliphatic hydroxyl groups is 1. The van der Waals surface area contributed by atoms with E-state index in [9.17, 15) is 5.11 Å². The van der Waals surface area contributed by atoms with Crippen molar-refractivity contribution in [3.8, 4) is 5.75 Å². The molecule has 134 valence electrons. The van der Waals surface area contributed by atoms with Gasteiger partial charge in [-0.1, -0.05) is 48.5 Å². The van der Waals surface area contributed by atoms with Crippen molar-refractivity contribution >= 4 is 5.96 Å². The standard InChI is InChI=1S/C20H27N3O2/c1-3-21-20(22-14-17-11-7-8-12-19(17)25-2)23-15-18(24)13-16-9-5-4-6-10-16/h4-12,18,24H,3,13-15H2,1-2H3,(H2,21,22,23). The van der Waals surface area contributed by atoms with Crippen molar-refractivity contribution in [3.63, 3.8) is 0 Å². The molecule has 0 amide bonds. The van der Waals surface area contributed by atoms with Gasteiger partial charge in [0.15, 0.2) is 5.96 Å². The van der Waals surface area contributed by atoms with Crippen LogP contribution in [0.3, 0.4) is 0 Å². The Morgan fingerprint density at radius 2 is 1.80 bits per heavy atom. The van der Waals surface area contributed by atoms with Gasteiger partial charge < -0.3 is 20.5 Å². The molecule has 2 aromatic carbocycles. The summed E-state index contributed by atoms with van der Waals surface area (Å²) in [5, 5.41) is 16.6. The predicted molar refractivity (Wildman–Crippen MR) is 102 cm³/mol. The van der Waals surface area contributed by atoms with Crippen LogP contribution in [0.15, 0.2) is 59.6 Å². The van der Waals surface area contributed by atoms with Gasteiger partial charge in [0, 0.05) is 25.1 Å². The summed E-state index contributed by atoms with van der Waals surface area (Å²) in [5.41, 5.74) is 2.14. The van der Waals surface area contributed by atoms with E-state index in [1.807, 2.05) is 61.5 Å². The monoisotopic (exact) mass is 341 g/mol. The van der Waals surface area contributed by atoms with E-state index in [0.29, 0.717) is 25.5 Å². The van der Waals surface area contributed by atoms with Crippen LogP contribution < -0.4 is 15.4 Å².